The number of sulfonamides is 1. The predicted octanol–water partition coefficient (Wildman–Crippen LogP) is 3.98. The normalized spacial score (nSPS) is 15.1. The third-order valence-electron chi connectivity index (χ3n) is 5.78. The highest BCUT2D eigenvalue weighted by atomic mass is 32.2. The van der Waals surface area contributed by atoms with Crippen molar-refractivity contribution in [1.82, 2.24) is 9.62 Å². The van der Waals surface area contributed by atoms with Crippen molar-refractivity contribution in [3.8, 4) is 11.1 Å². The lowest BCUT2D eigenvalue weighted by Gasteiger charge is -2.36. The first-order chi connectivity index (χ1) is 15.5. The molecule has 1 N–H and O–H groups in total. The molecule has 1 aliphatic heterocycles. The van der Waals surface area contributed by atoms with Crippen LogP contribution in [-0.2, 0) is 10.0 Å². The number of para-hydroxylation sites is 1. The van der Waals surface area contributed by atoms with E-state index in [9.17, 15) is 12.8 Å². The molecular formula is C25H28FN3O2S. The van der Waals surface area contributed by atoms with E-state index in [1.165, 1.54) is 6.07 Å². The van der Waals surface area contributed by atoms with Crippen molar-refractivity contribution in [1.29, 1.82) is 0 Å². The monoisotopic (exact) mass is 453 g/mol. The van der Waals surface area contributed by atoms with Gasteiger partial charge in [-0.05, 0) is 48.4 Å². The van der Waals surface area contributed by atoms with Crippen LogP contribution in [0.25, 0.3) is 11.1 Å². The zero-order chi connectivity index (χ0) is 22.4. The number of nitrogens with zero attached hydrogens (tertiary/aromatic N) is 2. The maximum Gasteiger partial charge on any atom is 0.240 e. The molecule has 168 valence electrons. The molecule has 0 atom stereocenters. The highest BCUT2D eigenvalue weighted by Gasteiger charge is 2.19. The van der Waals surface area contributed by atoms with E-state index in [0.29, 0.717) is 12.2 Å². The summed E-state index contributed by atoms with van der Waals surface area (Å²) in [6.45, 7) is 4.39. The molecule has 1 saturated heterocycles. The molecule has 3 aromatic rings. The molecule has 0 bridgehead atoms. The Kier molecular flexibility index (Phi) is 7.19. The average molecular weight is 454 g/mol. The van der Waals surface area contributed by atoms with Crippen LogP contribution >= 0.6 is 0 Å². The van der Waals surface area contributed by atoms with E-state index >= 15 is 0 Å². The van der Waals surface area contributed by atoms with Crippen molar-refractivity contribution in [2.75, 3.05) is 44.2 Å². The Hall–Kier alpha value is -2.74. The second kappa shape index (κ2) is 10.3. The summed E-state index contributed by atoms with van der Waals surface area (Å²) < 4.78 is 41.9. The fraction of sp³-hybridized carbons (Fsp3) is 0.280. The number of halogens is 1. The van der Waals surface area contributed by atoms with Crippen LogP contribution in [0.2, 0.25) is 0 Å². The Morgan fingerprint density at radius 1 is 0.781 bits per heavy atom. The van der Waals surface area contributed by atoms with E-state index in [4.69, 9.17) is 0 Å². The maximum atomic E-state index is 14.0. The molecule has 0 spiro atoms. The molecule has 5 nitrogen and oxygen atoms in total. The van der Waals surface area contributed by atoms with Gasteiger partial charge in [0.25, 0.3) is 0 Å². The Labute approximate surface area is 189 Å². The second-order valence-corrected chi connectivity index (χ2v) is 9.69. The van der Waals surface area contributed by atoms with Crippen LogP contribution in [0.15, 0.2) is 83.8 Å². The molecule has 1 aliphatic rings. The van der Waals surface area contributed by atoms with Gasteiger partial charge in [-0.15, -0.1) is 0 Å². The average Bonchev–Trinajstić information content (AvgIpc) is 2.83. The molecule has 0 aromatic heterocycles. The van der Waals surface area contributed by atoms with Crippen LogP contribution in [0.1, 0.15) is 6.42 Å². The minimum atomic E-state index is -3.53. The number of piperazine rings is 1. The standard InChI is InChI=1S/C25H28FN3O2S/c26-24-9-4-5-10-25(24)29-19-17-28(18-20-29)16-6-15-27-32(30,31)23-13-11-22(12-14-23)21-7-2-1-3-8-21/h1-5,7-14,27H,6,15-20H2. The molecule has 0 aliphatic carbocycles. The number of benzene rings is 3. The quantitative estimate of drug-likeness (QED) is 0.524. The summed E-state index contributed by atoms with van der Waals surface area (Å²) in [7, 11) is -3.53. The van der Waals surface area contributed by atoms with E-state index in [2.05, 4.69) is 14.5 Å². The van der Waals surface area contributed by atoms with E-state index in [-0.39, 0.29) is 10.7 Å². The lowest BCUT2D eigenvalue weighted by molar-refractivity contribution is 0.255. The van der Waals surface area contributed by atoms with Crippen LogP contribution in [-0.4, -0.2) is 52.6 Å². The van der Waals surface area contributed by atoms with Gasteiger partial charge in [0.1, 0.15) is 5.82 Å². The first-order valence-corrected chi connectivity index (χ1v) is 12.4. The summed E-state index contributed by atoms with van der Waals surface area (Å²) >= 11 is 0. The SMILES string of the molecule is O=S(=O)(NCCCN1CCN(c2ccccc2F)CC1)c1ccc(-c2ccccc2)cc1. The number of nitrogens with one attached hydrogen (secondary N) is 1. The number of rotatable bonds is 8. The van der Waals surface area contributed by atoms with Crippen molar-refractivity contribution in [3.05, 3.63) is 84.7 Å². The Morgan fingerprint density at radius 3 is 2.09 bits per heavy atom. The first-order valence-electron chi connectivity index (χ1n) is 10.9. The molecule has 0 unspecified atom stereocenters. The molecule has 7 heteroatoms. The third kappa shape index (κ3) is 5.54. The van der Waals surface area contributed by atoms with Crippen molar-refractivity contribution >= 4 is 15.7 Å². The lowest BCUT2D eigenvalue weighted by atomic mass is 10.1. The molecule has 3 aromatic carbocycles. The lowest BCUT2D eigenvalue weighted by Crippen LogP contribution is -2.47. The molecule has 0 radical (unpaired) electrons. The number of hydrogen-bond donors (Lipinski definition) is 1. The summed E-state index contributed by atoms with van der Waals surface area (Å²) in [5.41, 5.74) is 2.69. The van der Waals surface area contributed by atoms with Crippen LogP contribution in [0.4, 0.5) is 10.1 Å². The fourth-order valence-electron chi connectivity index (χ4n) is 3.97. The van der Waals surface area contributed by atoms with Gasteiger partial charge in [-0.3, -0.25) is 4.90 Å². The van der Waals surface area contributed by atoms with Gasteiger partial charge in [0.15, 0.2) is 0 Å². The molecule has 0 amide bonds. The first kappa shape index (κ1) is 22.5. The summed E-state index contributed by atoms with van der Waals surface area (Å²) in [6.07, 6.45) is 0.723. The van der Waals surface area contributed by atoms with Crippen molar-refractivity contribution in [3.63, 3.8) is 0 Å². The molecule has 4 rings (SSSR count). The molecule has 32 heavy (non-hydrogen) atoms. The molecular weight excluding hydrogens is 425 g/mol. The van der Waals surface area contributed by atoms with E-state index < -0.39 is 10.0 Å². The number of hydrogen-bond acceptors (Lipinski definition) is 4. The second-order valence-electron chi connectivity index (χ2n) is 7.92. The van der Waals surface area contributed by atoms with Gasteiger partial charge >= 0.3 is 0 Å². The van der Waals surface area contributed by atoms with Gasteiger partial charge in [0.2, 0.25) is 10.0 Å². The van der Waals surface area contributed by atoms with Gasteiger partial charge < -0.3 is 4.90 Å². The van der Waals surface area contributed by atoms with E-state index in [1.54, 1.807) is 18.2 Å². The van der Waals surface area contributed by atoms with Crippen LogP contribution in [0.5, 0.6) is 0 Å². The van der Waals surface area contributed by atoms with Crippen LogP contribution < -0.4 is 9.62 Å². The van der Waals surface area contributed by atoms with Gasteiger partial charge in [-0.1, -0.05) is 54.6 Å². The fourth-order valence-corrected chi connectivity index (χ4v) is 5.04. The summed E-state index contributed by atoms with van der Waals surface area (Å²) in [5.74, 6) is -0.188. The molecule has 0 saturated carbocycles. The topological polar surface area (TPSA) is 52.7 Å². The minimum absolute atomic E-state index is 0.188. The van der Waals surface area contributed by atoms with Gasteiger partial charge in [0, 0.05) is 32.7 Å². The largest absolute Gasteiger partial charge is 0.367 e. The van der Waals surface area contributed by atoms with Gasteiger partial charge in [-0.2, -0.15) is 0 Å². The zero-order valence-corrected chi connectivity index (χ0v) is 18.8. The van der Waals surface area contributed by atoms with E-state index in [1.807, 2.05) is 54.6 Å². The summed E-state index contributed by atoms with van der Waals surface area (Å²) in [5, 5.41) is 0. The van der Waals surface area contributed by atoms with Crippen LogP contribution in [0.3, 0.4) is 0 Å². The van der Waals surface area contributed by atoms with Crippen molar-refractivity contribution in [2.45, 2.75) is 11.3 Å². The van der Waals surface area contributed by atoms with Gasteiger partial charge in [-0.25, -0.2) is 17.5 Å². The third-order valence-corrected chi connectivity index (χ3v) is 7.26. The number of anilines is 1. The molecule has 1 heterocycles. The molecule has 1 fully saturated rings. The maximum absolute atomic E-state index is 14.0. The van der Waals surface area contributed by atoms with Crippen molar-refractivity contribution < 1.29 is 12.8 Å². The minimum Gasteiger partial charge on any atom is -0.367 e. The summed E-state index contributed by atoms with van der Waals surface area (Å²) in [4.78, 5) is 4.63. The Balaban J connectivity index is 1.22. The summed E-state index contributed by atoms with van der Waals surface area (Å²) in [6, 6.07) is 23.7. The van der Waals surface area contributed by atoms with Crippen molar-refractivity contribution in [2.24, 2.45) is 0 Å². The smallest absolute Gasteiger partial charge is 0.240 e. The Morgan fingerprint density at radius 2 is 1.41 bits per heavy atom. The highest BCUT2D eigenvalue weighted by molar-refractivity contribution is 7.89. The van der Waals surface area contributed by atoms with Crippen LogP contribution in [0, 0.1) is 5.82 Å². The Bertz CT molecular complexity index is 1110. The zero-order valence-electron chi connectivity index (χ0n) is 18.0. The van der Waals surface area contributed by atoms with Gasteiger partial charge in [0.05, 0.1) is 10.6 Å². The predicted molar refractivity (Wildman–Crippen MR) is 127 cm³/mol. The highest BCUT2D eigenvalue weighted by Crippen LogP contribution is 2.21. The van der Waals surface area contributed by atoms with E-state index in [0.717, 1.165) is 50.3 Å².